The van der Waals surface area contributed by atoms with E-state index in [1.807, 2.05) is 30.6 Å². The molecule has 3 aromatic rings. The SMILES string of the molecule is OCc1ccc2cnc(CCc3ccccc3)n2c1. The number of imidazole rings is 1. The third-order valence-corrected chi connectivity index (χ3v) is 3.33. The average Bonchev–Trinajstić information content (AvgIpc) is 2.88. The van der Waals surface area contributed by atoms with Crippen molar-refractivity contribution < 1.29 is 5.11 Å². The molecule has 0 saturated heterocycles. The summed E-state index contributed by atoms with van der Waals surface area (Å²) >= 11 is 0. The molecular formula is C16H16N2O. The maximum absolute atomic E-state index is 9.20. The van der Waals surface area contributed by atoms with Gasteiger partial charge < -0.3 is 9.51 Å². The maximum atomic E-state index is 9.20. The van der Waals surface area contributed by atoms with Crippen molar-refractivity contribution in [2.24, 2.45) is 0 Å². The zero-order valence-electron chi connectivity index (χ0n) is 10.7. The first-order valence-corrected chi connectivity index (χ1v) is 6.46. The number of fused-ring (bicyclic) bond motifs is 1. The molecule has 0 atom stereocenters. The summed E-state index contributed by atoms with van der Waals surface area (Å²) in [5.74, 6) is 1.04. The summed E-state index contributed by atoms with van der Waals surface area (Å²) < 4.78 is 2.06. The zero-order chi connectivity index (χ0) is 13.1. The van der Waals surface area contributed by atoms with Crippen molar-refractivity contribution in [3.8, 4) is 0 Å². The molecule has 0 aliphatic carbocycles. The minimum absolute atomic E-state index is 0.0618. The molecule has 96 valence electrons. The van der Waals surface area contributed by atoms with Crippen LogP contribution in [-0.4, -0.2) is 14.5 Å². The van der Waals surface area contributed by atoms with Crippen molar-refractivity contribution in [2.45, 2.75) is 19.4 Å². The summed E-state index contributed by atoms with van der Waals surface area (Å²) in [4.78, 5) is 4.47. The third kappa shape index (κ3) is 2.51. The Labute approximate surface area is 112 Å². The Balaban J connectivity index is 1.84. The predicted molar refractivity (Wildman–Crippen MR) is 75.0 cm³/mol. The summed E-state index contributed by atoms with van der Waals surface area (Å²) in [6.07, 6.45) is 5.71. The van der Waals surface area contributed by atoms with E-state index in [4.69, 9.17) is 0 Å². The minimum atomic E-state index is 0.0618. The summed E-state index contributed by atoms with van der Waals surface area (Å²) in [5, 5.41) is 9.20. The number of pyridine rings is 1. The summed E-state index contributed by atoms with van der Waals surface area (Å²) in [6.45, 7) is 0.0618. The topological polar surface area (TPSA) is 37.5 Å². The number of aromatic nitrogens is 2. The highest BCUT2D eigenvalue weighted by atomic mass is 16.3. The lowest BCUT2D eigenvalue weighted by Crippen LogP contribution is -1.99. The fraction of sp³-hybridized carbons (Fsp3) is 0.188. The molecule has 1 N–H and O–H groups in total. The predicted octanol–water partition coefficient (Wildman–Crippen LogP) is 2.61. The van der Waals surface area contributed by atoms with E-state index in [1.54, 1.807) is 0 Å². The van der Waals surface area contributed by atoms with E-state index in [0.717, 1.165) is 29.7 Å². The Morgan fingerprint density at radius 1 is 0.947 bits per heavy atom. The van der Waals surface area contributed by atoms with Gasteiger partial charge in [-0.2, -0.15) is 0 Å². The molecule has 2 aromatic heterocycles. The van der Waals surface area contributed by atoms with Crippen molar-refractivity contribution in [2.75, 3.05) is 0 Å². The normalized spacial score (nSPS) is 11.0. The second-order valence-corrected chi connectivity index (χ2v) is 4.65. The van der Waals surface area contributed by atoms with Crippen molar-refractivity contribution in [1.82, 2.24) is 9.38 Å². The minimum Gasteiger partial charge on any atom is -0.392 e. The highest BCUT2D eigenvalue weighted by Crippen LogP contribution is 2.12. The summed E-state index contributed by atoms with van der Waals surface area (Å²) in [5.41, 5.74) is 3.30. The van der Waals surface area contributed by atoms with Crippen molar-refractivity contribution in [3.63, 3.8) is 0 Å². The van der Waals surface area contributed by atoms with Crippen molar-refractivity contribution >= 4 is 5.52 Å². The standard InChI is InChI=1S/C16H16N2O/c19-12-14-6-8-15-10-17-16(18(15)11-14)9-7-13-4-2-1-3-5-13/h1-6,8,10-11,19H,7,9,12H2. The van der Waals surface area contributed by atoms with Gasteiger partial charge in [-0.1, -0.05) is 36.4 Å². The van der Waals surface area contributed by atoms with Crippen LogP contribution in [0.5, 0.6) is 0 Å². The van der Waals surface area contributed by atoms with E-state index in [2.05, 4.69) is 33.7 Å². The molecular weight excluding hydrogens is 236 g/mol. The molecule has 0 saturated carbocycles. The Morgan fingerprint density at radius 2 is 1.79 bits per heavy atom. The van der Waals surface area contributed by atoms with Crippen LogP contribution in [0.4, 0.5) is 0 Å². The van der Waals surface area contributed by atoms with Crippen LogP contribution in [0.1, 0.15) is 17.0 Å². The summed E-state index contributed by atoms with van der Waals surface area (Å²) in [7, 11) is 0. The Kier molecular flexibility index (Phi) is 3.29. The lowest BCUT2D eigenvalue weighted by atomic mass is 10.1. The molecule has 0 spiro atoms. The van der Waals surface area contributed by atoms with Gasteiger partial charge >= 0.3 is 0 Å². The zero-order valence-corrected chi connectivity index (χ0v) is 10.7. The van der Waals surface area contributed by atoms with Crippen LogP contribution < -0.4 is 0 Å². The number of benzene rings is 1. The van der Waals surface area contributed by atoms with Crippen LogP contribution in [0.15, 0.2) is 54.9 Å². The molecule has 3 heteroatoms. The van der Waals surface area contributed by atoms with Crippen LogP contribution in [-0.2, 0) is 19.4 Å². The summed E-state index contributed by atoms with van der Waals surface area (Å²) in [6, 6.07) is 14.3. The van der Waals surface area contributed by atoms with Gasteiger partial charge in [-0.3, -0.25) is 0 Å². The third-order valence-electron chi connectivity index (χ3n) is 3.33. The van der Waals surface area contributed by atoms with Gasteiger partial charge in [0, 0.05) is 12.6 Å². The number of hydrogen-bond donors (Lipinski definition) is 1. The first-order valence-electron chi connectivity index (χ1n) is 6.46. The quantitative estimate of drug-likeness (QED) is 0.775. The number of aliphatic hydroxyl groups excluding tert-OH is 1. The van der Waals surface area contributed by atoms with E-state index < -0.39 is 0 Å². The molecule has 0 amide bonds. The fourth-order valence-corrected chi connectivity index (χ4v) is 2.27. The number of aliphatic hydroxyl groups is 1. The molecule has 19 heavy (non-hydrogen) atoms. The molecule has 0 fully saturated rings. The Bertz CT molecular complexity index is 674. The molecule has 0 aliphatic heterocycles. The van der Waals surface area contributed by atoms with Gasteiger partial charge in [0.2, 0.25) is 0 Å². The van der Waals surface area contributed by atoms with Gasteiger partial charge in [-0.25, -0.2) is 4.98 Å². The smallest absolute Gasteiger partial charge is 0.113 e. The van der Waals surface area contributed by atoms with E-state index in [1.165, 1.54) is 5.56 Å². The first-order chi connectivity index (χ1) is 9.36. The van der Waals surface area contributed by atoms with Crippen molar-refractivity contribution in [3.05, 3.63) is 71.8 Å². The first kappa shape index (κ1) is 11.9. The second kappa shape index (κ2) is 5.24. The highest BCUT2D eigenvalue weighted by Gasteiger charge is 2.04. The molecule has 0 bridgehead atoms. The van der Waals surface area contributed by atoms with Gasteiger partial charge in [-0.05, 0) is 23.6 Å². The molecule has 3 nitrogen and oxygen atoms in total. The van der Waals surface area contributed by atoms with Crippen LogP contribution in [0.2, 0.25) is 0 Å². The van der Waals surface area contributed by atoms with E-state index in [0.29, 0.717) is 0 Å². The second-order valence-electron chi connectivity index (χ2n) is 4.65. The van der Waals surface area contributed by atoms with Gasteiger partial charge in [0.25, 0.3) is 0 Å². The van der Waals surface area contributed by atoms with Crippen molar-refractivity contribution in [1.29, 1.82) is 0 Å². The van der Waals surface area contributed by atoms with E-state index in [-0.39, 0.29) is 6.61 Å². The fourth-order valence-electron chi connectivity index (χ4n) is 2.27. The largest absolute Gasteiger partial charge is 0.392 e. The molecule has 0 unspecified atom stereocenters. The number of hydrogen-bond acceptors (Lipinski definition) is 2. The Morgan fingerprint density at radius 3 is 2.58 bits per heavy atom. The molecule has 1 aromatic carbocycles. The van der Waals surface area contributed by atoms with Crippen LogP contribution >= 0.6 is 0 Å². The van der Waals surface area contributed by atoms with Gasteiger partial charge in [0.1, 0.15) is 5.82 Å². The van der Waals surface area contributed by atoms with E-state index in [9.17, 15) is 5.11 Å². The van der Waals surface area contributed by atoms with Crippen LogP contribution in [0.25, 0.3) is 5.52 Å². The monoisotopic (exact) mass is 252 g/mol. The molecule has 0 radical (unpaired) electrons. The van der Waals surface area contributed by atoms with Gasteiger partial charge in [-0.15, -0.1) is 0 Å². The van der Waals surface area contributed by atoms with Crippen LogP contribution in [0.3, 0.4) is 0 Å². The van der Waals surface area contributed by atoms with E-state index >= 15 is 0 Å². The van der Waals surface area contributed by atoms with Crippen LogP contribution in [0, 0.1) is 0 Å². The van der Waals surface area contributed by atoms with Gasteiger partial charge in [0.15, 0.2) is 0 Å². The highest BCUT2D eigenvalue weighted by molar-refractivity contribution is 5.47. The molecule has 0 aliphatic rings. The molecule has 3 rings (SSSR count). The lowest BCUT2D eigenvalue weighted by molar-refractivity contribution is 0.281. The van der Waals surface area contributed by atoms with Gasteiger partial charge in [0.05, 0.1) is 18.3 Å². The number of rotatable bonds is 4. The molecule has 2 heterocycles. The number of nitrogens with zero attached hydrogens (tertiary/aromatic N) is 2. The average molecular weight is 252 g/mol. The number of aryl methyl sites for hydroxylation is 2. The lowest BCUT2D eigenvalue weighted by Gasteiger charge is -2.04. The maximum Gasteiger partial charge on any atom is 0.113 e. The Hall–Kier alpha value is -2.13.